The second-order valence-corrected chi connectivity index (χ2v) is 7.59. The molecule has 1 aliphatic rings. The molecule has 1 aliphatic heterocycles. The van der Waals surface area contributed by atoms with Gasteiger partial charge in [0.25, 0.3) is 11.6 Å². The second-order valence-electron chi connectivity index (χ2n) is 7.59. The zero-order valence-electron chi connectivity index (χ0n) is 16.8. The van der Waals surface area contributed by atoms with Crippen molar-refractivity contribution in [2.45, 2.75) is 0 Å². The zero-order valence-corrected chi connectivity index (χ0v) is 16.8. The summed E-state index contributed by atoms with van der Waals surface area (Å²) in [5, 5.41) is 14.7. The number of rotatable bonds is 3. The maximum atomic E-state index is 13.2. The molecule has 154 valence electrons. The van der Waals surface area contributed by atoms with Gasteiger partial charge in [-0.2, -0.15) is 0 Å². The van der Waals surface area contributed by atoms with Gasteiger partial charge in [0.2, 0.25) is 0 Å². The van der Waals surface area contributed by atoms with E-state index in [1.54, 1.807) is 12.3 Å². The third kappa shape index (κ3) is 3.34. The Labute approximate surface area is 178 Å². The van der Waals surface area contributed by atoms with Crippen LogP contribution in [-0.4, -0.2) is 46.9 Å². The Bertz CT molecular complexity index is 1310. The summed E-state index contributed by atoms with van der Waals surface area (Å²) in [4.78, 5) is 32.3. The number of nitrogens with zero attached hydrogens (tertiary/aromatic N) is 4. The number of anilines is 1. The molecular formula is C24H20N4O3. The van der Waals surface area contributed by atoms with Gasteiger partial charge in [-0.3, -0.25) is 19.9 Å². The lowest BCUT2D eigenvalue weighted by molar-refractivity contribution is -0.383. The van der Waals surface area contributed by atoms with Gasteiger partial charge in [-0.1, -0.05) is 36.4 Å². The van der Waals surface area contributed by atoms with Crippen LogP contribution in [0.4, 0.5) is 11.4 Å². The molecule has 0 atom stereocenters. The molecule has 7 nitrogen and oxygen atoms in total. The number of non-ortho nitro benzene ring substituents is 1. The minimum absolute atomic E-state index is 0.0363. The van der Waals surface area contributed by atoms with Crippen molar-refractivity contribution in [3.05, 3.63) is 88.7 Å². The number of pyridine rings is 1. The fraction of sp³-hybridized carbons (Fsp3) is 0.167. The van der Waals surface area contributed by atoms with Crippen LogP contribution >= 0.6 is 0 Å². The van der Waals surface area contributed by atoms with Gasteiger partial charge in [0.15, 0.2) is 0 Å². The fourth-order valence-electron chi connectivity index (χ4n) is 4.33. The molecule has 0 unspecified atom stereocenters. The molecule has 0 saturated carbocycles. The predicted molar refractivity (Wildman–Crippen MR) is 120 cm³/mol. The maximum absolute atomic E-state index is 13.2. The highest BCUT2D eigenvalue weighted by Gasteiger charge is 2.25. The van der Waals surface area contributed by atoms with Gasteiger partial charge in [-0.05, 0) is 29.0 Å². The number of amides is 1. The molecule has 2 heterocycles. The molecule has 0 aliphatic carbocycles. The van der Waals surface area contributed by atoms with Gasteiger partial charge in [0.1, 0.15) is 0 Å². The largest absolute Gasteiger partial charge is 0.367 e. The van der Waals surface area contributed by atoms with Crippen LogP contribution in [0.5, 0.6) is 0 Å². The Balaban J connectivity index is 1.39. The number of aromatic nitrogens is 1. The van der Waals surface area contributed by atoms with E-state index in [2.05, 4.69) is 9.88 Å². The summed E-state index contributed by atoms with van der Waals surface area (Å²) in [5.41, 5.74) is 1.70. The van der Waals surface area contributed by atoms with E-state index in [1.807, 2.05) is 53.4 Å². The molecule has 1 amide bonds. The molecule has 7 heteroatoms. The number of carbonyl (C=O) groups is 1. The van der Waals surface area contributed by atoms with Crippen LogP contribution in [0.1, 0.15) is 10.4 Å². The number of fused-ring (bicyclic) bond motifs is 2. The number of piperazine rings is 1. The Morgan fingerprint density at radius 1 is 0.871 bits per heavy atom. The number of hydrogen-bond donors (Lipinski definition) is 0. The molecule has 4 aromatic rings. The molecule has 3 aromatic carbocycles. The molecule has 1 aromatic heterocycles. The van der Waals surface area contributed by atoms with Gasteiger partial charge in [0.05, 0.1) is 10.3 Å². The lowest BCUT2D eigenvalue weighted by atomic mass is 10.0. The first-order valence-electron chi connectivity index (χ1n) is 10.2. The van der Waals surface area contributed by atoms with Crippen LogP contribution in [0, 0.1) is 10.1 Å². The Morgan fingerprint density at radius 2 is 1.65 bits per heavy atom. The lowest BCUT2D eigenvalue weighted by Gasteiger charge is -2.36. The molecule has 31 heavy (non-hydrogen) atoms. The van der Waals surface area contributed by atoms with Crippen molar-refractivity contribution in [1.82, 2.24) is 9.88 Å². The number of nitro benzene ring substituents is 1. The molecule has 5 rings (SSSR count). The van der Waals surface area contributed by atoms with E-state index in [1.165, 1.54) is 12.3 Å². The monoisotopic (exact) mass is 412 g/mol. The van der Waals surface area contributed by atoms with Crippen LogP contribution in [0.3, 0.4) is 0 Å². The van der Waals surface area contributed by atoms with Gasteiger partial charge in [-0.15, -0.1) is 0 Å². The average Bonchev–Trinajstić information content (AvgIpc) is 2.82. The van der Waals surface area contributed by atoms with Crippen molar-refractivity contribution in [3.8, 4) is 0 Å². The molecule has 1 saturated heterocycles. The summed E-state index contributed by atoms with van der Waals surface area (Å²) in [5.74, 6) is 0.0363. The number of benzene rings is 3. The van der Waals surface area contributed by atoms with Gasteiger partial charge >= 0.3 is 0 Å². The van der Waals surface area contributed by atoms with Crippen molar-refractivity contribution in [2.24, 2.45) is 0 Å². The van der Waals surface area contributed by atoms with E-state index in [0.29, 0.717) is 31.6 Å². The summed E-state index contributed by atoms with van der Waals surface area (Å²) in [6, 6.07) is 18.9. The van der Waals surface area contributed by atoms with Crippen LogP contribution in [-0.2, 0) is 0 Å². The fourth-order valence-corrected chi connectivity index (χ4v) is 4.33. The topological polar surface area (TPSA) is 79.6 Å². The second kappa shape index (κ2) is 7.68. The van der Waals surface area contributed by atoms with Crippen molar-refractivity contribution in [1.29, 1.82) is 0 Å². The van der Waals surface area contributed by atoms with Gasteiger partial charge in [-0.25, -0.2) is 0 Å². The minimum Gasteiger partial charge on any atom is -0.367 e. The quantitative estimate of drug-likeness (QED) is 0.371. The van der Waals surface area contributed by atoms with E-state index in [-0.39, 0.29) is 16.5 Å². The summed E-state index contributed by atoms with van der Waals surface area (Å²) >= 11 is 0. The van der Waals surface area contributed by atoms with E-state index in [0.717, 1.165) is 27.4 Å². The zero-order chi connectivity index (χ0) is 21.4. The van der Waals surface area contributed by atoms with Crippen LogP contribution < -0.4 is 4.90 Å². The van der Waals surface area contributed by atoms with E-state index < -0.39 is 0 Å². The lowest BCUT2D eigenvalue weighted by Crippen LogP contribution is -2.48. The molecule has 0 radical (unpaired) electrons. The SMILES string of the molecule is O=C(c1cccc2ccccc12)N1CCN(c2ccc([N+](=O)[O-])c3cnccc23)CC1. The number of nitro groups is 1. The van der Waals surface area contributed by atoms with Crippen molar-refractivity contribution < 1.29 is 9.72 Å². The van der Waals surface area contributed by atoms with E-state index in [9.17, 15) is 14.9 Å². The molecule has 1 fully saturated rings. The van der Waals surface area contributed by atoms with Crippen LogP contribution in [0.25, 0.3) is 21.5 Å². The Morgan fingerprint density at radius 3 is 2.45 bits per heavy atom. The van der Waals surface area contributed by atoms with Crippen LogP contribution in [0.15, 0.2) is 73.1 Å². The molecule has 0 spiro atoms. The summed E-state index contributed by atoms with van der Waals surface area (Å²) in [6.45, 7) is 2.49. The highest BCUT2D eigenvalue weighted by molar-refractivity contribution is 6.07. The summed E-state index contributed by atoms with van der Waals surface area (Å²) in [6.07, 6.45) is 3.19. The third-order valence-electron chi connectivity index (χ3n) is 5.90. The van der Waals surface area contributed by atoms with Crippen molar-refractivity contribution in [3.63, 3.8) is 0 Å². The Hall–Kier alpha value is -4.00. The minimum atomic E-state index is -0.380. The van der Waals surface area contributed by atoms with Crippen LogP contribution in [0.2, 0.25) is 0 Å². The summed E-state index contributed by atoms with van der Waals surface area (Å²) in [7, 11) is 0. The first-order chi connectivity index (χ1) is 15.1. The molecular weight excluding hydrogens is 392 g/mol. The van der Waals surface area contributed by atoms with Gasteiger partial charge < -0.3 is 9.80 Å². The summed E-state index contributed by atoms with van der Waals surface area (Å²) < 4.78 is 0. The van der Waals surface area contributed by atoms with Crippen molar-refractivity contribution >= 4 is 38.8 Å². The van der Waals surface area contributed by atoms with E-state index in [4.69, 9.17) is 0 Å². The average molecular weight is 412 g/mol. The number of carbonyl (C=O) groups excluding carboxylic acids is 1. The van der Waals surface area contributed by atoms with Crippen molar-refractivity contribution in [2.75, 3.05) is 31.1 Å². The smallest absolute Gasteiger partial charge is 0.278 e. The first-order valence-corrected chi connectivity index (χ1v) is 10.2. The standard InChI is InChI=1S/C24H20N4O3/c29-24(20-7-3-5-17-4-1-2-6-18(17)20)27-14-12-26(13-15-27)22-8-9-23(28(30)31)21-16-25-11-10-19(21)22/h1-11,16H,12-15H2. The first kappa shape index (κ1) is 19.0. The third-order valence-corrected chi connectivity index (χ3v) is 5.90. The molecule has 0 bridgehead atoms. The maximum Gasteiger partial charge on any atom is 0.278 e. The van der Waals surface area contributed by atoms with E-state index >= 15 is 0 Å². The predicted octanol–water partition coefficient (Wildman–Crippen LogP) is 4.26. The number of hydrogen-bond acceptors (Lipinski definition) is 5. The highest BCUT2D eigenvalue weighted by atomic mass is 16.6. The normalized spacial score (nSPS) is 14.2. The highest BCUT2D eigenvalue weighted by Crippen LogP contribution is 2.33. The molecule has 0 N–H and O–H groups in total. The van der Waals surface area contributed by atoms with Gasteiger partial charge in [0, 0.05) is 61.3 Å². The Kier molecular flexibility index (Phi) is 4.71.